The van der Waals surface area contributed by atoms with Gasteiger partial charge in [0, 0.05) is 18.4 Å². The van der Waals surface area contributed by atoms with E-state index in [1.54, 1.807) is 0 Å². The van der Waals surface area contributed by atoms with Crippen molar-refractivity contribution in [3.05, 3.63) is 11.7 Å². The van der Waals surface area contributed by atoms with E-state index in [1.807, 2.05) is 7.05 Å². The zero-order valence-electron chi connectivity index (χ0n) is 12.0. The van der Waals surface area contributed by atoms with E-state index in [-0.39, 0.29) is 0 Å². The molecule has 1 fully saturated rings. The molecule has 1 heterocycles. The van der Waals surface area contributed by atoms with E-state index in [9.17, 15) is 0 Å². The van der Waals surface area contributed by atoms with Crippen molar-refractivity contribution < 1.29 is 4.52 Å². The Morgan fingerprint density at radius 1 is 1.39 bits per heavy atom. The maximum absolute atomic E-state index is 5.34. The van der Waals surface area contributed by atoms with Crippen LogP contribution in [0.1, 0.15) is 64.1 Å². The van der Waals surface area contributed by atoms with Gasteiger partial charge in [0.05, 0.1) is 0 Å². The SMILES string of the molecule is CNC(C)Cc1nc(C2CCC(C)(C)CC2)no1. The Morgan fingerprint density at radius 2 is 2.06 bits per heavy atom. The lowest BCUT2D eigenvalue weighted by Gasteiger charge is -2.32. The molecule has 0 radical (unpaired) electrons. The van der Waals surface area contributed by atoms with Crippen molar-refractivity contribution in [1.29, 1.82) is 0 Å². The lowest BCUT2D eigenvalue weighted by Crippen LogP contribution is -2.23. The summed E-state index contributed by atoms with van der Waals surface area (Å²) >= 11 is 0. The fourth-order valence-electron chi connectivity index (χ4n) is 2.54. The first-order valence-electron chi connectivity index (χ1n) is 7.00. The van der Waals surface area contributed by atoms with Crippen LogP contribution < -0.4 is 5.32 Å². The summed E-state index contributed by atoms with van der Waals surface area (Å²) in [5, 5.41) is 7.35. The van der Waals surface area contributed by atoms with Crippen LogP contribution in [0.5, 0.6) is 0 Å². The molecule has 1 aliphatic carbocycles. The molecule has 1 aromatic rings. The molecular weight excluding hydrogens is 226 g/mol. The quantitative estimate of drug-likeness (QED) is 0.894. The lowest BCUT2D eigenvalue weighted by atomic mass is 9.73. The number of likely N-dealkylation sites (N-methyl/N-ethyl adjacent to an activating group) is 1. The second-order valence-electron chi connectivity index (χ2n) is 6.38. The summed E-state index contributed by atoms with van der Waals surface area (Å²) < 4.78 is 5.34. The predicted molar refractivity (Wildman–Crippen MR) is 71.5 cm³/mol. The molecule has 18 heavy (non-hydrogen) atoms. The van der Waals surface area contributed by atoms with Gasteiger partial charge >= 0.3 is 0 Å². The molecule has 0 aliphatic heterocycles. The minimum atomic E-state index is 0.378. The van der Waals surface area contributed by atoms with Crippen LogP contribution >= 0.6 is 0 Å². The molecule has 0 amide bonds. The van der Waals surface area contributed by atoms with Crippen molar-refractivity contribution in [3.8, 4) is 0 Å². The Balaban J connectivity index is 1.94. The number of hydrogen-bond donors (Lipinski definition) is 1. The smallest absolute Gasteiger partial charge is 0.228 e. The fourth-order valence-corrected chi connectivity index (χ4v) is 2.54. The summed E-state index contributed by atoms with van der Waals surface area (Å²) in [6.07, 6.45) is 5.70. The van der Waals surface area contributed by atoms with Gasteiger partial charge in [0.2, 0.25) is 5.89 Å². The van der Waals surface area contributed by atoms with Gasteiger partial charge in [0.1, 0.15) is 0 Å². The van der Waals surface area contributed by atoms with Gasteiger partial charge in [-0.05, 0) is 45.1 Å². The van der Waals surface area contributed by atoms with E-state index in [2.05, 4.69) is 36.2 Å². The predicted octanol–water partition coefficient (Wildman–Crippen LogP) is 2.90. The maximum Gasteiger partial charge on any atom is 0.228 e. The van der Waals surface area contributed by atoms with Gasteiger partial charge in [-0.3, -0.25) is 0 Å². The fraction of sp³-hybridized carbons (Fsp3) is 0.857. The van der Waals surface area contributed by atoms with Crippen LogP contribution in [0.15, 0.2) is 4.52 Å². The Labute approximate surface area is 110 Å². The van der Waals surface area contributed by atoms with Gasteiger partial charge in [-0.15, -0.1) is 0 Å². The second-order valence-corrected chi connectivity index (χ2v) is 6.38. The monoisotopic (exact) mass is 251 g/mol. The summed E-state index contributed by atoms with van der Waals surface area (Å²) in [6.45, 7) is 6.81. The van der Waals surface area contributed by atoms with Gasteiger partial charge in [-0.2, -0.15) is 4.98 Å². The highest BCUT2D eigenvalue weighted by Gasteiger charge is 2.30. The Hall–Kier alpha value is -0.900. The Kier molecular flexibility index (Phi) is 4.05. The second kappa shape index (κ2) is 5.39. The molecular formula is C14H25N3O. The van der Waals surface area contributed by atoms with Crippen LogP contribution in [0.4, 0.5) is 0 Å². The van der Waals surface area contributed by atoms with Crippen molar-refractivity contribution in [3.63, 3.8) is 0 Å². The largest absolute Gasteiger partial charge is 0.339 e. The number of nitrogens with zero attached hydrogens (tertiary/aromatic N) is 2. The summed E-state index contributed by atoms with van der Waals surface area (Å²) in [7, 11) is 1.95. The lowest BCUT2D eigenvalue weighted by molar-refractivity contribution is 0.218. The molecule has 0 aromatic carbocycles. The summed E-state index contributed by atoms with van der Waals surface area (Å²) in [5.74, 6) is 2.18. The third-order valence-corrected chi connectivity index (χ3v) is 4.16. The van der Waals surface area contributed by atoms with E-state index in [4.69, 9.17) is 4.52 Å². The van der Waals surface area contributed by atoms with Gasteiger partial charge < -0.3 is 9.84 Å². The molecule has 4 heteroatoms. The summed E-state index contributed by atoms with van der Waals surface area (Å²) in [6, 6.07) is 0.378. The highest BCUT2D eigenvalue weighted by Crippen LogP contribution is 2.41. The number of hydrogen-bond acceptors (Lipinski definition) is 4. The molecule has 102 valence electrons. The molecule has 2 rings (SSSR count). The molecule has 0 spiro atoms. The van der Waals surface area contributed by atoms with Crippen molar-refractivity contribution >= 4 is 0 Å². The van der Waals surface area contributed by atoms with Crippen molar-refractivity contribution in [1.82, 2.24) is 15.5 Å². The molecule has 1 atom stereocenters. The summed E-state index contributed by atoms with van der Waals surface area (Å²) in [4.78, 5) is 4.55. The average molecular weight is 251 g/mol. The molecule has 1 aliphatic rings. The van der Waals surface area contributed by atoms with Gasteiger partial charge in [0.15, 0.2) is 5.82 Å². The number of nitrogens with one attached hydrogen (secondary N) is 1. The zero-order valence-corrected chi connectivity index (χ0v) is 12.0. The number of aromatic nitrogens is 2. The molecule has 1 N–H and O–H groups in total. The van der Waals surface area contributed by atoms with Crippen LogP contribution in [0, 0.1) is 5.41 Å². The zero-order chi connectivity index (χ0) is 13.2. The van der Waals surface area contributed by atoms with Crippen molar-refractivity contribution in [2.75, 3.05) is 7.05 Å². The minimum absolute atomic E-state index is 0.378. The molecule has 0 bridgehead atoms. The van der Waals surface area contributed by atoms with Crippen LogP contribution in [-0.2, 0) is 6.42 Å². The highest BCUT2D eigenvalue weighted by molar-refractivity contribution is 4.99. The van der Waals surface area contributed by atoms with E-state index in [0.29, 0.717) is 17.4 Å². The molecule has 1 aromatic heterocycles. The molecule has 0 saturated heterocycles. The minimum Gasteiger partial charge on any atom is -0.339 e. The molecule has 1 unspecified atom stereocenters. The Bertz CT molecular complexity index is 376. The van der Waals surface area contributed by atoms with Crippen LogP contribution in [0.3, 0.4) is 0 Å². The topological polar surface area (TPSA) is 51.0 Å². The first kappa shape index (κ1) is 13.5. The standard InChI is InChI=1S/C14H25N3O/c1-10(15-4)9-12-16-13(17-18-12)11-5-7-14(2,3)8-6-11/h10-11,15H,5-9H2,1-4H3. The van der Waals surface area contributed by atoms with E-state index in [1.165, 1.54) is 25.7 Å². The summed E-state index contributed by atoms with van der Waals surface area (Å²) in [5.41, 5.74) is 0.490. The average Bonchev–Trinajstić information content (AvgIpc) is 2.77. The van der Waals surface area contributed by atoms with Crippen LogP contribution in [0.2, 0.25) is 0 Å². The first-order valence-corrected chi connectivity index (χ1v) is 7.00. The van der Waals surface area contributed by atoms with E-state index >= 15 is 0 Å². The third kappa shape index (κ3) is 3.31. The molecule has 4 nitrogen and oxygen atoms in total. The maximum atomic E-state index is 5.34. The van der Waals surface area contributed by atoms with Gasteiger partial charge in [0.25, 0.3) is 0 Å². The van der Waals surface area contributed by atoms with Crippen molar-refractivity contribution in [2.45, 2.75) is 64.8 Å². The first-order chi connectivity index (χ1) is 8.50. The highest BCUT2D eigenvalue weighted by atomic mass is 16.5. The van der Waals surface area contributed by atoms with E-state index < -0.39 is 0 Å². The van der Waals surface area contributed by atoms with Gasteiger partial charge in [-0.25, -0.2) is 0 Å². The Morgan fingerprint density at radius 3 is 2.67 bits per heavy atom. The number of rotatable bonds is 4. The molecule has 1 saturated carbocycles. The van der Waals surface area contributed by atoms with Crippen LogP contribution in [-0.4, -0.2) is 23.2 Å². The van der Waals surface area contributed by atoms with Gasteiger partial charge in [-0.1, -0.05) is 19.0 Å². The third-order valence-electron chi connectivity index (χ3n) is 4.16. The normalized spacial score (nSPS) is 22.0. The van der Waals surface area contributed by atoms with Crippen LogP contribution in [0.25, 0.3) is 0 Å². The van der Waals surface area contributed by atoms with Crippen molar-refractivity contribution in [2.24, 2.45) is 5.41 Å². The van der Waals surface area contributed by atoms with E-state index in [0.717, 1.165) is 18.1 Å².